The van der Waals surface area contributed by atoms with E-state index < -0.39 is 0 Å². The van der Waals surface area contributed by atoms with E-state index >= 15 is 0 Å². The number of rotatable bonds is 4. The summed E-state index contributed by atoms with van der Waals surface area (Å²) in [6.07, 6.45) is 4.79. The Hall–Kier alpha value is -0.600. The van der Waals surface area contributed by atoms with Crippen LogP contribution in [0.25, 0.3) is 0 Å². The molecule has 1 N–H and O–H groups in total. The zero-order valence-corrected chi connectivity index (χ0v) is 13.4. The van der Waals surface area contributed by atoms with E-state index in [1.807, 2.05) is 13.1 Å². The standard InChI is InChI=1S/C17H25ClFN/c1-17(2)7-6-13(11-20-3)14(10-17)8-12-4-5-16(19)15(18)9-12/h4-5,9,13-14,20H,6-8,10-11H2,1-3H3. The van der Waals surface area contributed by atoms with Crippen molar-refractivity contribution in [1.82, 2.24) is 5.32 Å². The molecular weight excluding hydrogens is 273 g/mol. The Morgan fingerprint density at radius 3 is 2.75 bits per heavy atom. The van der Waals surface area contributed by atoms with E-state index in [1.165, 1.54) is 25.3 Å². The van der Waals surface area contributed by atoms with Crippen LogP contribution in [-0.4, -0.2) is 13.6 Å². The Labute approximate surface area is 126 Å². The topological polar surface area (TPSA) is 12.0 Å². The van der Waals surface area contributed by atoms with Gasteiger partial charge in [0.15, 0.2) is 0 Å². The van der Waals surface area contributed by atoms with Gasteiger partial charge in [-0.1, -0.05) is 31.5 Å². The van der Waals surface area contributed by atoms with Crippen molar-refractivity contribution in [2.24, 2.45) is 17.3 Å². The largest absolute Gasteiger partial charge is 0.319 e. The first-order chi connectivity index (χ1) is 9.41. The highest BCUT2D eigenvalue weighted by atomic mass is 35.5. The van der Waals surface area contributed by atoms with Gasteiger partial charge in [0.25, 0.3) is 0 Å². The maximum atomic E-state index is 13.3. The predicted molar refractivity (Wildman–Crippen MR) is 83.7 cm³/mol. The number of benzene rings is 1. The van der Waals surface area contributed by atoms with E-state index in [-0.39, 0.29) is 10.8 Å². The smallest absolute Gasteiger partial charge is 0.141 e. The van der Waals surface area contributed by atoms with Crippen LogP contribution < -0.4 is 5.32 Å². The third kappa shape index (κ3) is 3.95. The van der Waals surface area contributed by atoms with Crippen molar-refractivity contribution in [2.45, 2.75) is 39.5 Å². The highest BCUT2D eigenvalue weighted by Gasteiger charge is 2.34. The molecule has 1 aromatic carbocycles. The molecule has 1 aliphatic carbocycles. The highest BCUT2D eigenvalue weighted by molar-refractivity contribution is 6.30. The van der Waals surface area contributed by atoms with Crippen molar-refractivity contribution in [1.29, 1.82) is 0 Å². The van der Waals surface area contributed by atoms with Gasteiger partial charge in [-0.25, -0.2) is 4.39 Å². The summed E-state index contributed by atoms with van der Waals surface area (Å²) in [5.74, 6) is 1.02. The van der Waals surface area contributed by atoms with E-state index in [4.69, 9.17) is 11.6 Å². The number of hydrogen-bond donors (Lipinski definition) is 1. The maximum Gasteiger partial charge on any atom is 0.141 e. The first kappa shape index (κ1) is 15.8. The molecule has 0 spiro atoms. The first-order valence-electron chi connectivity index (χ1n) is 7.50. The lowest BCUT2D eigenvalue weighted by molar-refractivity contribution is 0.117. The molecule has 0 radical (unpaired) electrons. The molecule has 1 aliphatic rings. The molecule has 20 heavy (non-hydrogen) atoms. The van der Waals surface area contributed by atoms with Crippen molar-refractivity contribution in [3.63, 3.8) is 0 Å². The molecule has 0 aromatic heterocycles. The van der Waals surface area contributed by atoms with Crippen LogP contribution >= 0.6 is 11.6 Å². The fourth-order valence-electron chi connectivity index (χ4n) is 3.53. The molecule has 0 heterocycles. The van der Waals surface area contributed by atoms with E-state index in [9.17, 15) is 4.39 Å². The fraction of sp³-hybridized carbons (Fsp3) is 0.647. The molecule has 1 saturated carbocycles. The fourth-order valence-corrected chi connectivity index (χ4v) is 3.73. The van der Waals surface area contributed by atoms with Crippen molar-refractivity contribution >= 4 is 11.6 Å². The SMILES string of the molecule is CNCC1CCC(C)(C)CC1Cc1ccc(F)c(Cl)c1. The second-order valence-electron chi connectivity index (χ2n) is 6.94. The summed E-state index contributed by atoms with van der Waals surface area (Å²) in [5, 5.41) is 3.55. The van der Waals surface area contributed by atoms with Gasteiger partial charge >= 0.3 is 0 Å². The van der Waals surface area contributed by atoms with Gasteiger partial charge in [-0.05, 0) is 74.2 Å². The molecule has 0 bridgehead atoms. The molecular formula is C17H25ClFN. The Kier molecular flexibility index (Phi) is 5.09. The van der Waals surface area contributed by atoms with Crippen LogP contribution in [0.1, 0.15) is 38.7 Å². The molecule has 1 fully saturated rings. The molecule has 1 nitrogen and oxygen atoms in total. The van der Waals surface area contributed by atoms with Crippen LogP contribution in [0.3, 0.4) is 0 Å². The summed E-state index contributed by atoms with van der Waals surface area (Å²) < 4.78 is 13.3. The van der Waals surface area contributed by atoms with Crippen molar-refractivity contribution in [2.75, 3.05) is 13.6 Å². The highest BCUT2D eigenvalue weighted by Crippen LogP contribution is 2.43. The van der Waals surface area contributed by atoms with E-state index in [2.05, 4.69) is 19.2 Å². The first-order valence-corrected chi connectivity index (χ1v) is 7.87. The maximum absolute atomic E-state index is 13.3. The second kappa shape index (κ2) is 6.44. The summed E-state index contributed by atoms with van der Waals surface area (Å²) in [4.78, 5) is 0. The molecule has 2 atom stereocenters. The van der Waals surface area contributed by atoms with Crippen LogP contribution in [-0.2, 0) is 6.42 Å². The summed E-state index contributed by atoms with van der Waals surface area (Å²) in [5.41, 5.74) is 1.57. The summed E-state index contributed by atoms with van der Waals surface area (Å²) >= 11 is 5.90. The summed E-state index contributed by atoms with van der Waals surface area (Å²) in [6, 6.07) is 5.15. The number of halogens is 2. The van der Waals surface area contributed by atoms with Crippen LogP contribution in [0.4, 0.5) is 4.39 Å². The molecule has 112 valence electrons. The third-order valence-corrected chi connectivity index (χ3v) is 4.91. The van der Waals surface area contributed by atoms with Crippen LogP contribution in [0, 0.1) is 23.1 Å². The average Bonchev–Trinajstić information content (AvgIpc) is 2.37. The van der Waals surface area contributed by atoms with Crippen molar-refractivity contribution < 1.29 is 4.39 Å². The quantitative estimate of drug-likeness (QED) is 0.850. The lowest BCUT2D eigenvalue weighted by Gasteiger charge is -2.41. The van der Waals surface area contributed by atoms with Gasteiger partial charge in [0.05, 0.1) is 5.02 Å². The third-order valence-electron chi connectivity index (χ3n) is 4.62. The average molecular weight is 298 g/mol. The Morgan fingerprint density at radius 1 is 1.35 bits per heavy atom. The van der Waals surface area contributed by atoms with Gasteiger partial charge in [-0.3, -0.25) is 0 Å². The summed E-state index contributed by atoms with van der Waals surface area (Å²) in [7, 11) is 2.02. The molecule has 0 aliphatic heterocycles. The number of nitrogens with one attached hydrogen (secondary N) is 1. The minimum atomic E-state index is -0.328. The predicted octanol–water partition coefficient (Wildman–Crippen LogP) is 4.68. The van der Waals surface area contributed by atoms with Crippen molar-refractivity contribution in [3.8, 4) is 0 Å². The normalized spacial score (nSPS) is 25.6. The molecule has 3 heteroatoms. The molecule has 0 amide bonds. The lowest BCUT2D eigenvalue weighted by atomic mass is 9.65. The molecule has 1 aromatic rings. The molecule has 2 rings (SSSR count). The second-order valence-corrected chi connectivity index (χ2v) is 7.34. The van der Waals surface area contributed by atoms with Gasteiger partial charge < -0.3 is 5.32 Å². The van der Waals surface area contributed by atoms with Crippen molar-refractivity contribution in [3.05, 3.63) is 34.6 Å². The Bertz CT molecular complexity index is 458. The Balaban J connectivity index is 2.11. The zero-order chi connectivity index (χ0) is 14.8. The molecule has 0 saturated heterocycles. The minimum Gasteiger partial charge on any atom is -0.319 e. The van der Waals surface area contributed by atoms with Gasteiger partial charge in [-0.2, -0.15) is 0 Å². The van der Waals surface area contributed by atoms with Gasteiger partial charge in [0, 0.05) is 0 Å². The van der Waals surface area contributed by atoms with Crippen LogP contribution in [0.5, 0.6) is 0 Å². The lowest BCUT2D eigenvalue weighted by Crippen LogP contribution is -2.36. The van der Waals surface area contributed by atoms with Gasteiger partial charge in [0.2, 0.25) is 0 Å². The van der Waals surface area contributed by atoms with Gasteiger partial charge in [0.1, 0.15) is 5.82 Å². The molecule has 2 unspecified atom stereocenters. The van der Waals surface area contributed by atoms with Crippen LogP contribution in [0.15, 0.2) is 18.2 Å². The number of hydrogen-bond acceptors (Lipinski definition) is 1. The van der Waals surface area contributed by atoms with Crippen LogP contribution in [0.2, 0.25) is 5.02 Å². The van der Waals surface area contributed by atoms with E-state index in [0.717, 1.165) is 18.5 Å². The van der Waals surface area contributed by atoms with E-state index in [0.29, 0.717) is 17.3 Å². The van der Waals surface area contributed by atoms with E-state index in [1.54, 1.807) is 6.07 Å². The zero-order valence-electron chi connectivity index (χ0n) is 12.7. The minimum absolute atomic E-state index is 0.239. The Morgan fingerprint density at radius 2 is 2.10 bits per heavy atom. The summed E-state index contributed by atoms with van der Waals surface area (Å²) in [6.45, 7) is 5.77. The van der Waals surface area contributed by atoms with Gasteiger partial charge in [-0.15, -0.1) is 0 Å². The monoisotopic (exact) mass is 297 g/mol.